The van der Waals surface area contributed by atoms with E-state index in [0.29, 0.717) is 16.7 Å². The Morgan fingerprint density at radius 2 is 1.79 bits per heavy atom. The number of nitrogens with zero attached hydrogens (tertiary/aromatic N) is 4. The van der Waals surface area contributed by atoms with Crippen LogP contribution in [0.4, 0.5) is 10.1 Å². The lowest BCUT2D eigenvalue weighted by atomic mass is 10.2. The van der Waals surface area contributed by atoms with E-state index in [1.807, 2.05) is 19.2 Å². The van der Waals surface area contributed by atoms with Gasteiger partial charge in [0.1, 0.15) is 5.82 Å². The van der Waals surface area contributed by atoms with Crippen LogP contribution in [0.15, 0.2) is 53.9 Å². The molecular formula is C18H17FN6O2S. The molecule has 2 amide bonds. The predicted molar refractivity (Wildman–Crippen MR) is 103 cm³/mol. The van der Waals surface area contributed by atoms with Crippen LogP contribution in [0.1, 0.15) is 0 Å². The molecule has 0 atom stereocenters. The van der Waals surface area contributed by atoms with Gasteiger partial charge >= 0.3 is 0 Å². The smallest absolute Gasteiger partial charge is 0.243 e. The van der Waals surface area contributed by atoms with E-state index >= 15 is 0 Å². The van der Waals surface area contributed by atoms with Crippen LogP contribution in [0.2, 0.25) is 0 Å². The molecule has 2 aromatic heterocycles. The summed E-state index contributed by atoms with van der Waals surface area (Å²) < 4.78 is 14.6. The molecule has 0 aliphatic heterocycles. The summed E-state index contributed by atoms with van der Waals surface area (Å²) in [5.41, 5.74) is 1.33. The average molecular weight is 400 g/mol. The van der Waals surface area contributed by atoms with Crippen LogP contribution in [0.3, 0.4) is 0 Å². The van der Waals surface area contributed by atoms with Crippen molar-refractivity contribution in [3.8, 4) is 11.4 Å². The van der Waals surface area contributed by atoms with Crippen LogP contribution in [-0.2, 0) is 16.6 Å². The van der Waals surface area contributed by atoms with Gasteiger partial charge < -0.3 is 15.2 Å². The highest BCUT2D eigenvalue weighted by atomic mass is 32.2. The van der Waals surface area contributed by atoms with Gasteiger partial charge in [-0.05, 0) is 36.4 Å². The van der Waals surface area contributed by atoms with Gasteiger partial charge in [0.15, 0.2) is 11.0 Å². The predicted octanol–water partition coefficient (Wildman–Crippen LogP) is 1.86. The van der Waals surface area contributed by atoms with Crippen molar-refractivity contribution < 1.29 is 14.0 Å². The van der Waals surface area contributed by atoms with E-state index in [4.69, 9.17) is 0 Å². The molecule has 0 saturated carbocycles. The van der Waals surface area contributed by atoms with E-state index in [2.05, 4.69) is 25.8 Å². The summed E-state index contributed by atoms with van der Waals surface area (Å²) in [6, 6.07) is 9.02. The van der Waals surface area contributed by atoms with Gasteiger partial charge in [-0.2, -0.15) is 0 Å². The molecule has 1 aromatic carbocycles. The summed E-state index contributed by atoms with van der Waals surface area (Å²) >= 11 is 1.22. The second-order valence-electron chi connectivity index (χ2n) is 5.72. The fourth-order valence-electron chi connectivity index (χ4n) is 2.29. The first-order chi connectivity index (χ1) is 13.5. The number of anilines is 1. The summed E-state index contributed by atoms with van der Waals surface area (Å²) in [5, 5.41) is 13.9. The minimum Gasteiger partial charge on any atom is -0.346 e. The monoisotopic (exact) mass is 400 g/mol. The quantitative estimate of drug-likeness (QED) is 0.587. The lowest BCUT2D eigenvalue weighted by Crippen LogP contribution is -2.33. The van der Waals surface area contributed by atoms with E-state index in [-0.39, 0.29) is 24.0 Å². The van der Waals surface area contributed by atoms with Crippen LogP contribution in [0.25, 0.3) is 11.4 Å². The molecule has 0 bridgehead atoms. The highest BCUT2D eigenvalue weighted by Crippen LogP contribution is 2.21. The number of carbonyl (C=O) groups excluding carboxylic acids is 2. The van der Waals surface area contributed by atoms with Crippen molar-refractivity contribution in [1.29, 1.82) is 0 Å². The van der Waals surface area contributed by atoms with Crippen molar-refractivity contribution in [3.63, 3.8) is 0 Å². The molecule has 3 aromatic rings. The number of rotatable bonds is 7. The summed E-state index contributed by atoms with van der Waals surface area (Å²) in [4.78, 5) is 27.8. The van der Waals surface area contributed by atoms with Crippen molar-refractivity contribution in [2.24, 2.45) is 7.05 Å². The molecule has 2 heterocycles. The Balaban J connectivity index is 1.46. The molecule has 0 spiro atoms. The number of hydrogen-bond donors (Lipinski definition) is 2. The summed E-state index contributed by atoms with van der Waals surface area (Å²) in [7, 11) is 1.81. The van der Waals surface area contributed by atoms with E-state index in [1.54, 1.807) is 17.0 Å². The van der Waals surface area contributed by atoms with E-state index in [1.165, 1.54) is 36.0 Å². The third-order valence-electron chi connectivity index (χ3n) is 3.68. The van der Waals surface area contributed by atoms with E-state index in [0.717, 1.165) is 5.56 Å². The first kappa shape index (κ1) is 19.5. The van der Waals surface area contributed by atoms with Gasteiger partial charge in [0.2, 0.25) is 11.8 Å². The third kappa shape index (κ3) is 5.13. The van der Waals surface area contributed by atoms with E-state index in [9.17, 15) is 14.0 Å². The molecule has 0 saturated heterocycles. The second-order valence-corrected chi connectivity index (χ2v) is 6.66. The summed E-state index contributed by atoms with van der Waals surface area (Å²) in [6.07, 6.45) is 3.34. The van der Waals surface area contributed by atoms with Crippen LogP contribution < -0.4 is 10.6 Å². The van der Waals surface area contributed by atoms with Crippen molar-refractivity contribution in [1.82, 2.24) is 25.1 Å². The standard InChI is InChI=1S/C18H17FN6O2S/c1-25-17(12-6-8-20-9-7-12)23-24-18(25)28-11-16(27)21-10-15(26)22-14-4-2-13(19)3-5-14/h2-9H,10-11H2,1H3,(H,21,27)(H,22,26). The highest BCUT2D eigenvalue weighted by molar-refractivity contribution is 7.99. The zero-order valence-corrected chi connectivity index (χ0v) is 15.7. The van der Waals surface area contributed by atoms with Gasteiger partial charge in [-0.3, -0.25) is 14.6 Å². The van der Waals surface area contributed by atoms with Gasteiger partial charge in [0.05, 0.1) is 12.3 Å². The number of carbonyl (C=O) groups is 2. The van der Waals surface area contributed by atoms with Gasteiger partial charge in [0, 0.05) is 30.7 Å². The van der Waals surface area contributed by atoms with Crippen LogP contribution >= 0.6 is 11.8 Å². The molecule has 2 N–H and O–H groups in total. The number of halogens is 1. The number of nitrogens with one attached hydrogen (secondary N) is 2. The van der Waals surface area contributed by atoms with Gasteiger partial charge in [-0.15, -0.1) is 10.2 Å². The first-order valence-electron chi connectivity index (χ1n) is 8.27. The normalized spacial score (nSPS) is 10.5. The van der Waals surface area contributed by atoms with Crippen molar-refractivity contribution in [3.05, 3.63) is 54.6 Å². The average Bonchev–Trinajstić information content (AvgIpc) is 3.07. The fraction of sp³-hybridized carbons (Fsp3) is 0.167. The fourth-order valence-corrected chi connectivity index (χ4v) is 3.03. The number of amides is 2. The van der Waals surface area contributed by atoms with Crippen molar-refractivity contribution in [2.75, 3.05) is 17.6 Å². The molecule has 0 radical (unpaired) electrons. The SMILES string of the molecule is Cn1c(SCC(=O)NCC(=O)Nc2ccc(F)cc2)nnc1-c1ccncc1. The van der Waals surface area contributed by atoms with Crippen molar-refractivity contribution in [2.45, 2.75) is 5.16 Å². The lowest BCUT2D eigenvalue weighted by molar-refractivity contribution is -0.122. The van der Waals surface area contributed by atoms with Gasteiger partial charge in [-0.25, -0.2) is 4.39 Å². The molecule has 28 heavy (non-hydrogen) atoms. The molecule has 8 nitrogen and oxygen atoms in total. The van der Waals surface area contributed by atoms with Gasteiger partial charge in [0.25, 0.3) is 0 Å². The molecule has 144 valence electrons. The summed E-state index contributed by atoms with van der Waals surface area (Å²) in [5.74, 6) is -0.342. The molecule has 0 aliphatic rings. The minimum absolute atomic E-state index is 0.0894. The Hall–Kier alpha value is -3.27. The van der Waals surface area contributed by atoms with Crippen LogP contribution in [0, 0.1) is 5.82 Å². The Morgan fingerprint density at radius 1 is 1.07 bits per heavy atom. The maximum atomic E-state index is 12.8. The molecule has 0 aliphatic carbocycles. The van der Waals surface area contributed by atoms with Crippen LogP contribution in [0.5, 0.6) is 0 Å². The summed E-state index contributed by atoms with van der Waals surface area (Å²) in [6.45, 7) is -0.183. The maximum absolute atomic E-state index is 12.8. The molecule has 10 heteroatoms. The highest BCUT2D eigenvalue weighted by Gasteiger charge is 2.13. The second kappa shape index (κ2) is 9.09. The Morgan fingerprint density at radius 3 is 2.50 bits per heavy atom. The topological polar surface area (TPSA) is 102 Å². The minimum atomic E-state index is -0.399. The number of benzene rings is 1. The molecule has 0 fully saturated rings. The number of pyridine rings is 1. The molecular weight excluding hydrogens is 383 g/mol. The number of thioether (sulfide) groups is 1. The largest absolute Gasteiger partial charge is 0.346 e. The van der Waals surface area contributed by atoms with E-state index < -0.39 is 5.91 Å². The molecule has 3 rings (SSSR count). The zero-order chi connectivity index (χ0) is 19.9. The lowest BCUT2D eigenvalue weighted by Gasteiger charge is -2.07. The first-order valence-corrected chi connectivity index (χ1v) is 9.26. The number of hydrogen-bond acceptors (Lipinski definition) is 6. The Kier molecular flexibility index (Phi) is 6.33. The van der Waals surface area contributed by atoms with Crippen molar-refractivity contribution >= 4 is 29.3 Å². The Labute approximate surface area is 164 Å². The third-order valence-corrected chi connectivity index (χ3v) is 4.70. The van der Waals surface area contributed by atoms with Crippen LogP contribution in [-0.4, -0.2) is 43.9 Å². The number of aromatic nitrogens is 4. The molecule has 0 unspecified atom stereocenters. The maximum Gasteiger partial charge on any atom is 0.243 e. The van der Waals surface area contributed by atoms with Gasteiger partial charge in [-0.1, -0.05) is 11.8 Å². The zero-order valence-electron chi connectivity index (χ0n) is 14.9. The Bertz CT molecular complexity index is 962.